The summed E-state index contributed by atoms with van der Waals surface area (Å²) in [6.45, 7) is 8.43. The molecule has 21 heavy (non-hydrogen) atoms. The van der Waals surface area contributed by atoms with Crippen molar-refractivity contribution in [2.75, 3.05) is 6.61 Å². The number of ether oxygens (including phenoxy) is 1. The zero-order chi connectivity index (χ0) is 15.6. The first kappa shape index (κ1) is 16.9. The van der Waals surface area contributed by atoms with Crippen LogP contribution in [-0.2, 0) is 11.4 Å². The molecular weight excluding hydrogens is 308 g/mol. The van der Waals surface area contributed by atoms with Crippen molar-refractivity contribution in [1.82, 2.24) is 9.71 Å². The lowest BCUT2D eigenvalue weighted by Gasteiger charge is -2.26. The Morgan fingerprint density at radius 2 is 2.19 bits per heavy atom. The average molecular weight is 331 g/mol. The van der Waals surface area contributed by atoms with Gasteiger partial charge in [-0.2, -0.15) is 0 Å². The van der Waals surface area contributed by atoms with Crippen molar-refractivity contribution in [2.45, 2.75) is 51.3 Å². The van der Waals surface area contributed by atoms with Crippen LogP contribution in [0.15, 0.2) is 12.3 Å². The normalized spacial score (nSPS) is 18.4. The van der Waals surface area contributed by atoms with Gasteiger partial charge < -0.3 is 9.29 Å². The molecule has 1 aliphatic rings. The van der Waals surface area contributed by atoms with Crippen LogP contribution in [0.3, 0.4) is 0 Å². The third kappa shape index (κ3) is 5.02. The molecule has 4 nitrogen and oxygen atoms in total. The lowest BCUT2D eigenvalue weighted by molar-refractivity contribution is 0.288. The summed E-state index contributed by atoms with van der Waals surface area (Å²) in [5.74, 6) is 1.15. The molecule has 0 bridgehead atoms. The van der Waals surface area contributed by atoms with Gasteiger partial charge in [0.15, 0.2) is 0 Å². The molecule has 1 aliphatic carbocycles. The highest BCUT2D eigenvalue weighted by Crippen LogP contribution is 2.31. The van der Waals surface area contributed by atoms with Crippen molar-refractivity contribution < 1.29 is 9.29 Å². The molecule has 1 aromatic rings. The lowest BCUT2D eigenvalue weighted by atomic mass is 10.2. The Morgan fingerprint density at radius 1 is 1.52 bits per heavy atom. The molecule has 0 spiro atoms. The highest BCUT2D eigenvalue weighted by molar-refractivity contribution is 7.90. The van der Waals surface area contributed by atoms with Crippen LogP contribution in [0, 0.1) is 5.92 Å². The first-order valence-corrected chi connectivity index (χ1v) is 8.76. The maximum absolute atomic E-state index is 12.1. The molecule has 1 heterocycles. The number of halogens is 1. The van der Waals surface area contributed by atoms with E-state index >= 15 is 0 Å². The second-order valence-electron chi connectivity index (χ2n) is 6.53. The Morgan fingerprint density at radius 3 is 2.71 bits per heavy atom. The molecule has 1 N–H and O–H groups in total. The number of aromatic nitrogens is 1. The monoisotopic (exact) mass is 330 g/mol. The molecule has 6 heteroatoms. The maximum Gasteiger partial charge on any atom is 0.232 e. The second-order valence-corrected chi connectivity index (χ2v) is 8.94. The van der Waals surface area contributed by atoms with Crippen molar-refractivity contribution in [2.24, 2.45) is 5.92 Å². The van der Waals surface area contributed by atoms with Gasteiger partial charge in [0, 0.05) is 17.6 Å². The Labute approximate surface area is 134 Å². The van der Waals surface area contributed by atoms with E-state index in [9.17, 15) is 4.55 Å². The van der Waals surface area contributed by atoms with E-state index < -0.39 is 11.4 Å². The number of hydrogen-bond donors (Lipinski definition) is 1. The van der Waals surface area contributed by atoms with Gasteiger partial charge in [-0.25, -0.2) is 4.98 Å². The van der Waals surface area contributed by atoms with Gasteiger partial charge >= 0.3 is 0 Å². The van der Waals surface area contributed by atoms with Crippen LogP contribution in [0.5, 0.6) is 5.88 Å². The van der Waals surface area contributed by atoms with E-state index in [2.05, 4.69) is 9.71 Å². The summed E-state index contributed by atoms with van der Waals surface area (Å²) in [5, 5.41) is 0.503. The third-order valence-corrected chi connectivity index (χ3v) is 5.27. The SMILES string of the molecule is C[C@@H](N[S+]([O-])C(C)(C)C)c1cnc(OCC2CC2)c(Cl)c1. The highest BCUT2D eigenvalue weighted by Gasteiger charge is 2.28. The van der Waals surface area contributed by atoms with Crippen LogP contribution in [0.4, 0.5) is 0 Å². The molecule has 0 aliphatic heterocycles. The largest absolute Gasteiger partial charge is 0.598 e. The Bertz CT molecular complexity index is 489. The molecule has 2 rings (SSSR count). The van der Waals surface area contributed by atoms with Crippen molar-refractivity contribution in [3.63, 3.8) is 0 Å². The summed E-state index contributed by atoms with van der Waals surface area (Å²) in [6, 6.07) is 1.74. The van der Waals surface area contributed by atoms with Crippen molar-refractivity contribution in [3.8, 4) is 5.88 Å². The van der Waals surface area contributed by atoms with Crippen molar-refractivity contribution >= 4 is 23.0 Å². The average Bonchev–Trinajstić information content (AvgIpc) is 3.20. The predicted octanol–water partition coefficient (Wildman–Crippen LogP) is 3.64. The summed E-state index contributed by atoms with van der Waals surface area (Å²) >= 11 is 5.08. The Balaban J connectivity index is 1.97. The van der Waals surface area contributed by atoms with Crippen LogP contribution in [0.1, 0.15) is 52.1 Å². The standard InChI is InChI=1S/C15H23ClN2O2S/c1-10(18-21(19)15(2,3)4)12-7-13(16)14(17-8-12)20-9-11-5-6-11/h7-8,10-11,18H,5-6,9H2,1-4H3/t10-,21?/m1/s1. The lowest BCUT2D eigenvalue weighted by Crippen LogP contribution is -2.40. The number of hydrogen-bond acceptors (Lipinski definition) is 4. The fraction of sp³-hybridized carbons (Fsp3) is 0.667. The van der Waals surface area contributed by atoms with E-state index in [0.717, 1.165) is 5.56 Å². The number of rotatable bonds is 6. The van der Waals surface area contributed by atoms with Crippen LogP contribution in [0.2, 0.25) is 5.02 Å². The smallest absolute Gasteiger partial charge is 0.232 e. The van der Waals surface area contributed by atoms with Crippen LogP contribution in [-0.4, -0.2) is 20.9 Å². The second kappa shape index (κ2) is 6.73. The van der Waals surface area contributed by atoms with Crippen LogP contribution < -0.4 is 9.46 Å². The quantitative estimate of drug-likeness (QED) is 0.809. The Hall–Kier alpha value is -0.490. The fourth-order valence-corrected chi connectivity index (χ4v) is 2.71. The minimum absolute atomic E-state index is 0.0902. The van der Waals surface area contributed by atoms with Gasteiger partial charge in [-0.15, -0.1) is 4.72 Å². The molecule has 1 unspecified atom stereocenters. The van der Waals surface area contributed by atoms with E-state index in [0.29, 0.717) is 23.4 Å². The molecule has 2 atom stereocenters. The molecule has 1 fully saturated rings. The van der Waals surface area contributed by atoms with Gasteiger partial charge in [-0.05, 0) is 58.1 Å². The summed E-state index contributed by atoms with van der Waals surface area (Å²) in [4.78, 5) is 4.28. The summed E-state index contributed by atoms with van der Waals surface area (Å²) in [7, 11) is 0. The van der Waals surface area contributed by atoms with E-state index in [1.165, 1.54) is 12.8 Å². The topological polar surface area (TPSA) is 57.2 Å². The molecule has 0 aromatic carbocycles. The van der Waals surface area contributed by atoms with E-state index in [4.69, 9.17) is 16.3 Å². The minimum atomic E-state index is -1.13. The summed E-state index contributed by atoms with van der Waals surface area (Å²) < 4.78 is 20.5. The van der Waals surface area contributed by atoms with Crippen LogP contribution >= 0.6 is 11.6 Å². The predicted molar refractivity (Wildman–Crippen MR) is 86.9 cm³/mol. The fourth-order valence-electron chi connectivity index (χ4n) is 1.67. The van der Waals surface area contributed by atoms with E-state index in [1.807, 2.05) is 33.8 Å². The van der Waals surface area contributed by atoms with Gasteiger partial charge in [-0.1, -0.05) is 11.6 Å². The van der Waals surface area contributed by atoms with Crippen molar-refractivity contribution in [1.29, 1.82) is 0 Å². The zero-order valence-corrected chi connectivity index (χ0v) is 14.6. The van der Waals surface area contributed by atoms with Gasteiger partial charge in [0.1, 0.15) is 9.77 Å². The van der Waals surface area contributed by atoms with Gasteiger partial charge in [0.2, 0.25) is 5.88 Å². The summed E-state index contributed by atoms with van der Waals surface area (Å²) in [6.07, 6.45) is 4.19. The zero-order valence-electron chi connectivity index (χ0n) is 13.0. The minimum Gasteiger partial charge on any atom is -0.598 e. The van der Waals surface area contributed by atoms with Gasteiger partial charge in [0.25, 0.3) is 0 Å². The van der Waals surface area contributed by atoms with Crippen molar-refractivity contribution in [3.05, 3.63) is 22.8 Å². The van der Waals surface area contributed by atoms with E-state index in [1.54, 1.807) is 6.20 Å². The molecule has 1 saturated carbocycles. The maximum atomic E-state index is 12.1. The first-order chi connectivity index (χ1) is 9.77. The van der Waals surface area contributed by atoms with Gasteiger partial charge in [-0.3, -0.25) is 0 Å². The third-order valence-electron chi connectivity index (χ3n) is 3.32. The molecule has 1 aromatic heterocycles. The Kier molecular flexibility index (Phi) is 5.41. The molecular formula is C15H23ClN2O2S. The van der Waals surface area contributed by atoms with Gasteiger partial charge in [0.05, 0.1) is 12.6 Å². The molecule has 118 valence electrons. The van der Waals surface area contributed by atoms with Crippen LogP contribution in [0.25, 0.3) is 0 Å². The number of pyridine rings is 1. The molecule has 0 amide bonds. The molecule has 0 radical (unpaired) electrons. The van der Waals surface area contributed by atoms with E-state index in [-0.39, 0.29) is 10.8 Å². The number of nitrogens with zero attached hydrogens (tertiary/aromatic N) is 1. The number of nitrogens with one attached hydrogen (secondary N) is 1. The summed E-state index contributed by atoms with van der Waals surface area (Å²) in [5.41, 5.74) is 0.899. The first-order valence-electron chi connectivity index (χ1n) is 7.23. The molecule has 0 saturated heterocycles. The highest BCUT2D eigenvalue weighted by atomic mass is 35.5.